The predicted molar refractivity (Wildman–Crippen MR) is 128 cm³/mol. The monoisotopic (exact) mass is 400 g/mol. The zero-order chi connectivity index (χ0) is 22.1. The van der Waals surface area contributed by atoms with Crippen LogP contribution in [0.3, 0.4) is 0 Å². The molecule has 0 atom stereocenters. The van der Waals surface area contributed by atoms with Gasteiger partial charge in [-0.2, -0.15) is 0 Å². The van der Waals surface area contributed by atoms with E-state index in [4.69, 9.17) is 4.74 Å². The van der Waals surface area contributed by atoms with Crippen LogP contribution >= 0.6 is 0 Å². The molecule has 0 aliphatic rings. The smallest absolute Gasteiger partial charge is 0.306 e. The quantitative estimate of drug-likeness (QED) is 0.216. The fourth-order valence-electron chi connectivity index (χ4n) is 2.81. The summed E-state index contributed by atoms with van der Waals surface area (Å²) in [6, 6.07) is 0. The molecule has 0 N–H and O–H groups in total. The number of allylic oxidation sites excluding steroid dienone is 9. The normalized spacial score (nSPS) is 12.6. The number of ether oxygens (including phenoxy) is 1. The summed E-state index contributed by atoms with van der Waals surface area (Å²) in [6.07, 6.45) is 18.8. The van der Waals surface area contributed by atoms with Crippen LogP contribution in [0.4, 0.5) is 0 Å². The summed E-state index contributed by atoms with van der Waals surface area (Å²) in [7, 11) is 0. The van der Waals surface area contributed by atoms with Crippen molar-refractivity contribution in [2.75, 3.05) is 6.61 Å². The maximum Gasteiger partial charge on any atom is 0.306 e. The molecule has 0 fully saturated rings. The molecule has 0 spiro atoms. The van der Waals surface area contributed by atoms with Gasteiger partial charge in [-0.1, -0.05) is 52.2 Å². The summed E-state index contributed by atoms with van der Waals surface area (Å²) in [4.78, 5) is 11.9. The van der Waals surface area contributed by atoms with Gasteiger partial charge >= 0.3 is 5.97 Å². The maximum absolute atomic E-state index is 11.9. The zero-order valence-corrected chi connectivity index (χ0v) is 20.1. The highest BCUT2D eigenvalue weighted by atomic mass is 16.5. The van der Waals surface area contributed by atoms with Gasteiger partial charge in [0.2, 0.25) is 0 Å². The molecule has 0 rings (SSSR count). The van der Waals surface area contributed by atoms with Crippen molar-refractivity contribution in [3.05, 3.63) is 58.2 Å². The maximum atomic E-state index is 11.9. The van der Waals surface area contributed by atoms with Gasteiger partial charge in [-0.25, -0.2) is 0 Å². The molecule has 2 heteroatoms. The second-order valence-electron chi connectivity index (χ2n) is 8.55. The minimum absolute atomic E-state index is 0.114. The van der Waals surface area contributed by atoms with Crippen molar-refractivity contribution in [2.24, 2.45) is 0 Å². The summed E-state index contributed by atoms with van der Waals surface area (Å²) in [5.74, 6) is -0.114. The topological polar surface area (TPSA) is 26.3 Å². The van der Waals surface area contributed by atoms with Gasteiger partial charge in [0.1, 0.15) is 6.61 Å². The third-order valence-electron chi connectivity index (χ3n) is 4.73. The van der Waals surface area contributed by atoms with Gasteiger partial charge in [-0.3, -0.25) is 4.79 Å². The Morgan fingerprint density at radius 1 is 0.552 bits per heavy atom. The van der Waals surface area contributed by atoms with E-state index in [1.807, 2.05) is 6.08 Å². The Morgan fingerprint density at radius 2 is 0.931 bits per heavy atom. The molecule has 0 saturated heterocycles. The largest absolute Gasteiger partial charge is 0.461 e. The molecule has 0 aliphatic carbocycles. The van der Waals surface area contributed by atoms with Crippen LogP contribution < -0.4 is 0 Å². The lowest BCUT2D eigenvalue weighted by Gasteiger charge is -2.04. The Labute approximate surface area is 180 Å². The van der Waals surface area contributed by atoms with Crippen LogP contribution in [0.15, 0.2) is 58.2 Å². The van der Waals surface area contributed by atoms with Gasteiger partial charge in [0.05, 0.1) is 0 Å². The van der Waals surface area contributed by atoms with Crippen molar-refractivity contribution < 1.29 is 9.53 Å². The summed E-state index contributed by atoms with van der Waals surface area (Å²) in [5, 5.41) is 0. The van der Waals surface area contributed by atoms with Crippen molar-refractivity contribution in [3.63, 3.8) is 0 Å². The SMILES string of the molecule is CC(C)=CCCC(C)=CCCC(C)=CCCC(=O)OCC=C(C)CCC=C(C)C. The van der Waals surface area contributed by atoms with Crippen LogP contribution in [-0.4, -0.2) is 12.6 Å². The van der Waals surface area contributed by atoms with Gasteiger partial charge < -0.3 is 4.74 Å². The Morgan fingerprint density at radius 3 is 1.38 bits per heavy atom. The van der Waals surface area contributed by atoms with Gasteiger partial charge in [-0.05, 0) is 99.5 Å². The van der Waals surface area contributed by atoms with Crippen molar-refractivity contribution in [2.45, 2.75) is 99.8 Å². The van der Waals surface area contributed by atoms with Crippen LogP contribution in [-0.2, 0) is 9.53 Å². The minimum Gasteiger partial charge on any atom is -0.461 e. The van der Waals surface area contributed by atoms with Crippen molar-refractivity contribution in [3.8, 4) is 0 Å². The highest BCUT2D eigenvalue weighted by molar-refractivity contribution is 5.69. The number of carbonyl (C=O) groups is 1. The Bertz CT molecular complexity index is 619. The number of esters is 1. The van der Waals surface area contributed by atoms with Crippen molar-refractivity contribution in [1.29, 1.82) is 0 Å². The zero-order valence-electron chi connectivity index (χ0n) is 20.1. The first-order valence-electron chi connectivity index (χ1n) is 11.1. The van der Waals surface area contributed by atoms with Crippen LogP contribution in [0.5, 0.6) is 0 Å². The summed E-state index contributed by atoms with van der Waals surface area (Å²) >= 11 is 0. The molecular formula is C27H44O2. The van der Waals surface area contributed by atoms with Crippen LogP contribution in [0.2, 0.25) is 0 Å². The molecule has 0 heterocycles. The first kappa shape index (κ1) is 27.2. The first-order chi connectivity index (χ1) is 13.7. The van der Waals surface area contributed by atoms with E-state index in [0.717, 1.165) is 44.9 Å². The van der Waals surface area contributed by atoms with Crippen LogP contribution in [0.1, 0.15) is 99.8 Å². The highest BCUT2D eigenvalue weighted by Gasteiger charge is 2.01. The predicted octanol–water partition coefficient (Wildman–Crippen LogP) is 8.42. The number of carbonyl (C=O) groups excluding carboxylic acids is 1. The molecule has 0 radical (unpaired) electrons. The molecule has 0 unspecified atom stereocenters. The van der Waals surface area contributed by atoms with Gasteiger partial charge in [-0.15, -0.1) is 0 Å². The molecular weight excluding hydrogens is 356 g/mol. The molecule has 0 bridgehead atoms. The van der Waals surface area contributed by atoms with Gasteiger partial charge in [0.25, 0.3) is 0 Å². The Balaban J connectivity index is 3.99. The van der Waals surface area contributed by atoms with E-state index in [0.29, 0.717) is 13.0 Å². The van der Waals surface area contributed by atoms with E-state index in [2.05, 4.69) is 72.8 Å². The van der Waals surface area contributed by atoms with Crippen molar-refractivity contribution >= 4 is 5.97 Å². The van der Waals surface area contributed by atoms with Gasteiger partial charge in [0, 0.05) is 6.42 Å². The summed E-state index contributed by atoms with van der Waals surface area (Å²) in [5.41, 5.74) is 6.82. The fourth-order valence-corrected chi connectivity index (χ4v) is 2.81. The summed E-state index contributed by atoms with van der Waals surface area (Å²) in [6.45, 7) is 15.4. The number of hydrogen-bond donors (Lipinski definition) is 0. The lowest BCUT2D eigenvalue weighted by molar-refractivity contribution is -0.142. The lowest BCUT2D eigenvalue weighted by atomic mass is 10.1. The van der Waals surface area contributed by atoms with E-state index in [9.17, 15) is 4.79 Å². The second kappa shape index (κ2) is 17.1. The number of hydrogen-bond acceptors (Lipinski definition) is 2. The Kier molecular flexibility index (Phi) is 16.0. The van der Waals surface area contributed by atoms with E-state index in [-0.39, 0.29) is 5.97 Å². The molecule has 2 nitrogen and oxygen atoms in total. The molecule has 29 heavy (non-hydrogen) atoms. The van der Waals surface area contributed by atoms with Gasteiger partial charge in [0.15, 0.2) is 0 Å². The molecule has 0 aliphatic heterocycles. The molecule has 164 valence electrons. The molecule has 0 amide bonds. The van der Waals surface area contributed by atoms with Crippen LogP contribution in [0, 0.1) is 0 Å². The molecule has 0 aromatic rings. The number of rotatable bonds is 14. The van der Waals surface area contributed by atoms with E-state index in [1.54, 1.807) is 0 Å². The summed E-state index contributed by atoms with van der Waals surface area (Å²) < 4.78 is 5.31. The van der Waals surface area contributed by atoms with E-state index < -0.39 is 0 Å². The third kappa shape index (κ3) is 19.3. The minimum atomic E-state index is -0.114. The van der Waals surface area contributed by atoms with E-state index >= 15 is 0 Å². The highest BCUT2D eigenvalue weighted by Crippen LogP contribution is 2.12. The Hall–Kier alpha value is -1.83. The van der Waals surface area contributed by atoms with Crippen molar-refractivity contribution in [1.82, 2.24) is 0 Å². The second-order valence-corrected chi connectivity index (χ2v) is 8.55. The fraction of sp³-hybridized carbons (Fsp3) is 0.593. The molecule has 0 aromatic carbocycles. The van der Waals surface area contributed by atoms with E-state index in [1.165, 1.54) is 27.9 Å². The molecule has 0 aromatic heterocycles. The van der Waals surface area contributed by atoms with Crippen LogP contribution in [0.25, 0.3) is 0 Å². The lowest BCUT2D eigenvalue weighted by Crippen LogP contribution is -2.04. The average molecular weight is 401 g/mol. The molecule has 0 saturated carbocycles. The standard InChI is InChI=1S/C27H44O2/c1-22(2)12-8-14-24(5)16-10-17-25(6)18-11-19-27(28)29-21-20-26(7)15-9-13-23(3)4/h12-13,16,18,20H,8-11,14-15,17,19,21H2,1-7H3. The average Bonchev–Trinajstić information content (AvgIpc) is 2.61. The third-order valence-corrected chi connectivity index (χ3v) is 4.73. The first-order valence-corrected chi connectivity index (χ1v) is 11.1.